The Kier molecular flexibility index (Phi) is 5.34. The van der Waals surface area contributed by atoms with E-state index in [1.165, 1.54) is 6.92 Å². The Labute approximate surface area is 138 Å². The van der Waals surface area contributed by atoms with Gasteiger partial charge in [-0.3, -0.25) is 4.79 Å². The quantitative estimate of drug-likeness (QED) is 0.747. The molecule has 1 amide bonds. The second-order valence-electron chi connectivity index (χ2n) is 4.44. The van der Waals surface area contributed by atoms with Crippen LogP contribution in [0, 0.1) is 0 Å². The van der Waals surface area contributed by atoms with Gasteiger partial charge < -0.3 is 10.6 Å². The Hall–Kier alpha value is -1.42. The molecule has 0 bridgehead atoms. The van der Waals surface area contributed by atoms with Gasteiger partial charge in [0.05, 0.1) is 20.8 Å². The minimum atomic E-state index is -0.116. The summed E-state index contributed by atoms with van der Waals surface area (Å²) in [5.74, 6) is -0.116. The number of halogens is 3. The van der Waals surface area contributed by atoms with Crippen LogP contribution in [0.2, 0.25) is 15.1 Å². The number of hydrogen-bond acceptors (Lipinski definition) is 2. The van der Waals surface area contributed by atoms with Gasteiger partial charge in [0.1, 0.15) is 0 Å². The van der Waals surface area contributed by atoms with Crippen molar-refractivity contribution in [2.24, 2.45) is 0 Å². The van der Waals surface area contributed by atoms with Gasteiger partial charge in [-0.15, -0.1) is 0 Å². The van der Waals surface area contributed by atoms with E-state index in [0.29, 0.717) is 27.3 Å². The van der Waals surface area contributed by atoms with E-state index < -0.39 is 0 Å². The van der Waals surface area contributed by atoms with E-state index in [1.54, 1.807) is 12.1 Å². The zero-order valence-corrected chi connectivity index (χ0v) is 13.5. The van der Waals surface area contributed by atoms with Gasteiger partial charge in [-0.1, -0.05) is 53.0 Å². The molecule has 3 nitrogen and oxygen atoms in total. The van der Waals surface area contributed by atoms with Crippen molar-refractivity contribution in [2.75, 3.05) is 10.6 Å². The molecule has 6 heteroatoms. The molecule has 0 aliphatic carbocycles. The minimum absolute atomic E-state index is 0.116. The number of nitrogens with one attached hydrogen (secondary N) is 2. The average molecular weight is 344 g/mol. The van der Waals surface area contributed by atoms with E-state index in [0.717, 1.165) is 11.3 Å². The summed E-state index contributed by atoms with van der Waals surface area (Å²) in [6.45, 7) is 1.97. The number of para-hydroxylation sites is 1. The molecular formula is C15H13Cl3N2O. The van der Waals surface area contributed by atoms with Crippen LogP contribution in [-0.2, 0) is 11.3 Å². The van der Waals surface area contributed by atoms with Crippen LogP contribution in [0.1, 0.15) is 12.5 Å². The molecule has 0 unspecified atom stereocenters. The first-order valence-electron chi connectivity index (χ1n) is 6.21. The lowest BCUT2D eigenvalue weighted by molar-refractivity contribution is -0.114. The van der Waals surface area contributed by atoms with Gasteiger partial charge in [-0.05, 0) is 23.8 Å². The van der Waals surface area contributed by atoms with Crippen molar-refractivity contribution >= 4 is 52.1 Å². The smallest absolute Gasteiger partial charge is 0.221 e. The summed E-state index contributed by atoms with van der Waals surface area (Å²) in [4.78, 5) is 11.2. The first-order chi connectivity index (χ1) is 9.97. The molecule has 0 aromatic heterocycles. The van der Waals surface area contributed by atoms with Crippen molar-refractivity contribution < 1.29 is 4.79 Å². The first-order valence-corrected chi connectivity index (χ1v) is 7.34. The Morgan fingerprint density at radius 1 is 1.00 bits per heavy atom. The van der Waals surface area contributed by atoms with Gasteiger partial charge in [-0.2, -0.15) is 0 Å². The van der Waals surface area contributed by atoms with Crippen LogP contribution >= 0.6 is 34.8 Å². The van der Waals surface area contributed by atoms with Gasteiger partial charge in [0.2, 0.25) is 5.91 Å². The van der Waals surface area contributed by atoms with Crippen LogP contribution in [0.15, 0.2) is 36.4 Å². The average Bonchev–Trinajstić information content (AvgIpc) is 2.42. The maximum absolute atomic E-state index is 11.2. The fourth-order valence-electron chi connectivity index (χ4n) is 1.83. The third-order valence-electron chi connectivity index (χ3n) is 2.81. The second kappa shape index (κ2) is 7.03. The zero-order valence-electron chi connectivity index (χ0n) is 11.2. The highest BCUT2D eigenvalue weighted by Crippen LogP contribution is 2.32. The van der Waals surface area contributed by atoms with Crippen molar-refractivity contribution in [3.8, 4) is 0 Å². The summed E-state index contributed by atoms with van der Waals surface area (Å²) in [5.41, 5.74) is 2.38. The van der Waals surface area contributed by atoms with Crippen LogP contribution in [0.3, 0.4) is 0 Å². The number of carbonyl (C=O) groups excluding carboxylic acids is 1. The summed E-state index contributed by atoms with van der Waals surface area (Å²) in [5, 5.41) is 7.30. The van der Waals surface area contributed by atoms with Crippen LogP contribution < -0.4 is 10.6 Å². The number of amides is 1. The molecule has 2 aromatic rings. The molecule has 0 heterocycles. The summed E-state index contributed by atoms with van der Waals surface area (Å²) in [6.07, 6.45) is 0. The zero-order chi connectivity index (χ0) is 15.4. The molecule has 21 heavy (non-hydrogen) atoms. The standard InChI is InChI=1S/C15H13Cl3N2O/c1-9(21)20-14-5-3-2-4-10(14)8-19-15-7-12(17)11(16)6-13(15)18/h2-7,19H,8H2,1H3,(H,20,21). The number of benzene rings is 2. The molecule has 2 aromatic carbocycles. The number of rotatable bonds is 4. The Balaban J connectivity index is 2.17. The van der Waals surface area contributed by atoms with Crippen LogP contribution in [0.4, 0.5) is 11.4 Å². The van der Waals surface area contributed by atoms with Crippen molar-refractivity contribution in [2.45, 2.75) is 13.5 Å². The Morgan fingerprint density at radius 3 is 2.38 bits per heavy atom. The molecule has 0 spiro atoms. The third-order valence-corrected chi connectivity index (χ3v) is 3.84. The molecule has 2 N–H and O–H groups in total. The number of carbonyl (C=O) groups is 1. The highest BCUT2D eigenvalue weighted by Gasteiger charge is 2.07. The molecule has 2 rings (SSSR count). The Morgan fingerprint density at radius 2 is 1.67 bits per heavy atom. The maximum atomic E-state index is 11.2. The topological polar surface area (TPSA) is 41.1 Å². The van der Waals surface area contributed by atoms with E-state index in [4.69, 9.17) is 34.8 Å². The van der Waals surface area contributed by atoms with E-state index >= 15 is 0 Å². The summed E-state index contributed by atoms with van der Waals surface area (Å²) >= 11 is 18.0. The van der Waals surface area contributed by atoms with E-state index in [2.05, 4.69) is 10.6 Å². The van der Waals surface area contributed by atoms with Crippen LogP contribution in [0.25, 0.3) is 0 Å². The monoisotopic (exact) mass is 342 g/mol. The largest absolute Gasteiger partial charge is 0.380 e. The minimum Gasteiger partial charge on any atom is -0.380 e. The molecule has 110 valence electrons. The SMILES string of the molecule is CC(=O)Nc1ccccc1CNc1cc(Cl)c(Cl)cc1Cl. The van der Waals surface area contributed by atoms with E-state index in [9.17, 15) is 4.79 Å². The number of hydrogen-bond donors (Lipinski definition) is 2. The molecular weight excluding hydrogens is 331 g/mol. The van der Waals surface area contributed by atoms with E-state index in [1.807, 2.05) is 24.3 Å². The normalized spacial score (nSPS) is 10.3. The maximum Gasteiger partial charge on any atom is 0.221 e. The van der Waals surface area contributed by atoms with Gasteiger partial charge >= 0.3 is 0 Å². The van der Waals surface area contributed by atoms with Crippen molar-refractivity contribution in [1.29, 1.82) is 0 Å². The van der Waals surface area contributed by atoms with Gasteiger partial charge in [0, 0.05) is 19.2 Å². The summed E-state index contributed by atoms with van der Waals surface area (Å²) in [7, 11) is 0. The predicted octanol–water partition coefficient (Wildman–Crippen LogP) is 5.22. The summed E-state index contributed by atoms with van der Waals surface area (Å²) < 4.78 is 0. The van der Waals surface area contributed by atoms with Gasteiger partial charge in [0.15, 0.2) is 0 Å². The van der Waals surface area contributed by atoms with Crippen LogP contribution in [-0.4, -0.2) is 5.91 Å². The first kappa shape index (κ1) is 16.0. The third kappa shape index (κ3) is 4.27. The Bertz CT molecular complexity index is 674. The van der Waals surface area contributed by atoms with Crippen molar-refractivity contribution in [1.82, 2.24) is 0 Å². The number of anilines is 2. The highest BCUT2D eigenvalue weighted by atomic mass is 35.5. The van der Waals surface area contributed by atoms with Crippen molar-refractivity contribution in [3.63, 3.8) is 0 Å². The fourth-order valence-corrected chi connectivity index (χ4v) is 2.45. The van der Waals surface area contributed by atoms with Crippen molar-refractivity contribution in [3.05, 3.63) is 57.0 Å². The fraction of sp³-hybridized carbons (Fsp3) is 0.133. The lowest BCUT2D eigenvalue weighted by Gasteiger charge is -2.13. The molecule has 0 atom stereocenters. The molecule has 0 saturated carbocycles. The van der Waals surface area contributed by atoms with Gasteiger partial charge in [0.25, 0.3) is 0 Å². The predicted molar refractivity (Wildman–Crippen MR) is 89.5 cm³/mol. The lowest BCUT2D eigenvalue weighted by Crippen LogP contribution is -2.10. The highest BCUT2D eigenvalue weighted by molar-refractivity contribution is 6.44. The second-order valence-corrected chi connectivity index (χ2v) is 5.66. The molecule has 0 aliphatic heterocycles. The van der Waals surface area contributed by atoms with E-state index in [-0.39, 0.29) is 5.91 Å². The van der Waals surface area contributed by atoms with Gasteiger partial charge in [-0.25, -0.2) is 0 Å². The van der Waals surface area contributed by atoms with Crippen LogP contribution in [0.5, 0.6) is 0 Å². The molecule has 0 saturated heterocycles. The molecule has 0 radical (unpaired) electrons. The summed E-state index contributed by atoms with van der Waals surface area (Å²) in [6, 6.07) is 10.8. The molecule has 0 aliphatic rings. The molecule has 0 fully saturated rings. The lowest BCUT2D eigenvalue weighted by atomic mass is 10.1.